The van der Waals surface area contributed by atoms with E-state index in [9.17, 15) is 4.39 Å². The quantitative estimate of drug-likeness (QED) is 0.479. The highest BCUT2D eigenvalue weighted by atomic mass is 19.1. The Morgan fingerprint density at radius 2 is 1.88 bits per heavy atom. The molecule has 2 heterocycles. The fourth-order valence-electron chi connectivity index (χ4n) is 3.54. The number of aromatic nitrogens is 3. The number of nitrogen functional groups attached to an aromatic ring is 1. The van der Waals surface area contributed by atoms with Crippen molar-refractivity contribution in [2.24, 2.45) is 0 Å². The van der Waals surface area contributed by atoms with Crippen molar-refractivity contribution in [2.75, 3.05) is 38.5 Å². The summed E-state index contributed by atoms with van der Waals surface area (Å²) >= 11 is 0. The third-order valence-corrected chi connectivity index (χ3v) is 5.45. The van der Waals surface area contributed by atoms with Crippen molar-refractivity contribution < 1.29 is 18.6 Å². The van der Waals surface area contributed by atoms with Gasteiger partial charge in [-0.25, -0.2) is 14.4 Å². The largest absolute Gasteiger partial charge is 0.493 e. The van der Waals surface area contributed by atoms with E-state index >= 15 is 0 Å². The molecule has 1 aliphatic rings. The number of benzene rings is 1. The second-order valence-electron chi connectivity index (χ2n) is 8.02. The minimum Gasteiger partial charge on any atom is -0.493 e. The van der Waals surface area contributed by atoms with Gasteiger partial charge in [0.05, 0.1) is 36.7 Å². The van der Waals surface area contributed by atoms with Gasteiger partial charge in [-0.15, -0.1) is 0 Å². The predicted molar refractivity (Wildman–Crippen MR) is 121 cm³/mol. The highest BCUT2D eigenvalue weighted by molar-refractivity contribution is 5.92. The zero-order valence-corrected chi connectivity index (χ0v) is 18.7. The minimum absolute atomic E-state index is 0.267. The van der Waals surface area contributed by atoms with Crippen LogP contribution in [0.15, 0.2) is 24.3 Å². The normalized spacial score (nSPS) is 15.4. The Labute approximate surface area is 186 Å². The van der Waals surface area contributed by atoms with Gasteiger partial charge in [-0.3, -0.25) is 4.98 Å². The number of methoxy groups -OCH3 is 2. The van der Waals surface area contributed by atoms with Crippen molar-refractivity contribution >= 4 is 22.4 Å². The Morgan fingerprint density at radius 1 is 1.09 bits per heavy atom. The van der Waals surface area contributed by atoms with Gasteiger partial charge in [0.15, 0.2) is 17.2 Å². The highest BCUT2D eigenvalue weighted by Crippen LogP contribution is 2.49. The fourth-order valence-corrected chi connectivity index (χ4v) is 3.54. The van der Waals surface area contributed by atoms with E-state index in [2.05, 4.69) is 20.3 Å². The van der Waals surface area contributed by atoms with Crippen LogP contribution in [0.2, 0.25) is 0 Å². The molecule has 1 aromatic carbocycles. The number of ether oxygens (including phenoxy) is 3. The molecule has 3 N–H and O–H groups in total. The van der Waals surface area contributed by atoms with Crippen molar-refractivity contribution in [2.45, 2.75) is 38.4 Å². The minimum atomic E-state index is -1.35. The first-order valence-electron chi connectivity index (χ1n) is 10.5. The van der Waals surface area contributed by atoms with E-state index in [-0.39, 0.29) is 6.04 Å². The van der Waals surface area contributed by atoms with Gasteiger partial charge in [0.1, 0.15) is 18.2 Å². The molecule has 9 heteroatoms. The number of halogens is 1. The maximum absolute atomic E-state index is 14.6. The number of fused-ring (bicyclic) bond motifs is 1. The zero-order chi connectivity index (χ0) is 22.9. The molecule has 3 aromatic rings. The molecule has 170 valence electrons. The van der Waals surface area contributed by atoms with Crippen molar-refractivity contribution in [1.82, 2.24) is 15.0 Å². The number of rotatable bonds is 9. The lowest BCUT2D eigenvalue weighted by Crippen LogP contribution is -2.14. The molecule has 0 radical (unpaired) electrons. The first-order valence-corrected chi connectivity index (χ1v) is 10.5. The number of anilines is 2. The van der Waals surface area contributed by atoms with Crippen LogP contribution in [0.5, 0.6) is 11.5 Å². The van der Waals surface area contributed by atoms with Gasteiger partial charge in [-0.2, -0.15) is 0 Å². The predicted octanol–water partition coefficient (Wildman–Crippen LogP) is 4.08. The van der Waals surface area contributed by atoms with Gasteiger partial charge in [0.2, 0.25) is 0 Å². The summed E-state index contributed by atoms with van der Waals surface area (Å²) in [5.74, 6) is 2.36. The summed E-state index contributed by atoms with van der Waals surface area (Å²) in [5.41, 5.74) is 6.93. The number of alkyl halides is 1. The lowest BCUT2D eigenvalue weighted by Gasteiger charge is -2.19. The van der Waals surface area contributed by atoms with E-state index in [0.717, 1.165) is 5.39 Å². The first-order chi connectivity index (χ1) is 15.3. The average molecular weight is 442 g/mol. The molecule has 1 atom stereocenters. The number of aryl methyl sites for hydroxylation is 1. The van der Waals surface area contributed by atoms with Crippen molar-refractivity contribution in [1.29, 1.82) is 0 Å². The molecule has 0 unspecified atom stereocenters. The third-order valence-electron chi connectivity index (χ3n) is 5.45. The average Bonchev–Trinajstić information content (AvgIpc) is 3.52. The van der Waals surface area contributed by atoms with Crippen LogP contribution in [0.4, 0.5) is 15.9 Å². The Bertz CT molecular complexity index is 1140. The van der Waals surface area contributed by atoms with Gasteiger partial charge < -0.3 is 25.3 Å². The number of pyridine rings is 1. The molecule has 0 aliphatic heterocycles. The summed E-state index contributed by atoms with van der Waals surface area (Å²) in [6.45, 7) is 4.59. The monoisotopic (exact) mass is 441 g/mol. The SMILES string of the molecule is COCCOc1cc2c(N[C@H](C)c3cc(N)cc(C4(F)CC4)n3)nc(C)nc2cc1OC. The number of hydrogen-bond donors (Lipinski definition) is 2. The van der Waals surface area contributed by atoms with E-state index in [1.54, 1.807) is 26.4 Å². The van der Waals surface area contributed by atoms with Gasteiger partial charge in [-0.05, 0) is 44.9 Å². The van der Waals surface area contributed by atoms with E-state index in [1.165, 1.54) is 0 Å². The summed E-state index contributed by atoms with van der Waals surface area (Å²) in [6, 6.07) is 6.77. The molecule has 0 bridgehead atoms. The number of nitrogens with zero attached hydrogens (tertiary/aromatic N) is 3. The Hall–Kier alpha value is -3.20. The lowest BCUT2D eigenvalue weighted by atomic mass is 10.1. The fraction of sp³-hybridized carbons (Fsp3) is 0.435. The molecular formula is C23H28FN5O3. The van der Waals surface area contributed by atoms with Crippen LogP contribution in [0.1, 0.15) is 43.0 Å². The van der Waals surface area contributed by atoms with Crippen LogP contribution in [0.3, 0.4) is 0 Å². The van der Waals surface area contributed by atoms with E-state index < -0.39 is 5.67 Å². The summed E-state index contributed by atoms with van der Waals surface area (Å²) in [7, 11) is 3.20. The van der Waals surface area contributed by atoms with Crippen LogP contribution < -0.4 is 20.5 Å². The van der Waals surface area contributed by atoms with Crippen LogP contribution in [-0.2, 0) is 10.4 Å². The third kappa shape index (κ3) is 4.52. The summed E-state index contributed by atoms with van der Waals surface area (Å²) < 4.78 is 31.0. The number of nitrogens with two attached hydrogens (primary N) is 1. The molecule has 0 amide bonds. The van der Waals surface area contributed by atoms with Crippen molar-refractivity contribution in [3.05, 3.63) is 41.5 Å². The molecule has 0 saturated heterocycles. The highest BCUT2D eigenvalue weighted by Gasteiger charge is 2.46. The molecule has 2 aromatic heterocycles. The molecule has 8 nitrogen and oxygen atoms in total. The van der Waals surface area contributed by atoms with Gasteiger partial charge in [0.25, 0.3) is 0 Å². The first kappa shape index (κ1) is 22.0. The molecule has 0 spiro atoms. The second kappa shape index (κ2) is 8.74. The van der Waals surface area contributed by atoms with Crippen LogP contribution in [-0.4, -0.2) is 42.4 Å². The molecular weight excluding hydrogens is 413 g/mol. The summed E-state index contributed by atoms with van der Waals surface area (Å²) in [5, 5.41) is 4.16. The maximum Gasteiger partial charge on any atom is 0.162 e. The zero-order valence-electron chi connectivity index (χ0n) is 18.7. The van der Waals surface area contributed by atoms with Crippen molar-refractivity contribution in [3.8, 4) is 11.5 Å². The molecule has 1 aliphatic carbocycles. The smallest absolute Gasteiger partial charge is 0.162 e. The van der Waals surface area contributed by atoms with E-state index in [0.29, 0.717) is 71.8 Å². The van der Waals surface area contributed by atoms with Gasteiger partial charge in [0, 0.05) is 24.2 Å². The van der Waals surface area contributed by atoms with Crippen LogP contribution in [0.25, 0.3) is 10.9 Å². The number of nitrogens with one attached hydrogen (secondary N) is 1. The van der Waals surface area contributed by atoms with Gasteiger partial charge in [-0.1, -0.05) is 0 Å². The van der Waals surface area contributed by atoms with E-state index in [1.807, 2.05) is 26.0 Å². The second-order valence-corrected chi connectivity index (χ2v) is 8.02. The summed E-state index contributed by atoms with van der Waals surface area (Å²) in [4.78, 5) is 13.7. The molecule has 1 saturated carbocycles. The lowest BCUT2D eigenvalue weighted by molar-refractivity contribution is 0.144. The van der Waals surface area contributed by atoms with Crippen LogP contribution in [0, 0.1) is 6.92 Å². The topological polar surface area (TPSA) is 104 Å². The Balaban J connectivity index is 1.69. The standard InChI is InChI=1S/C23H28FN5O3/c1-13(17-9-15(25)10-21(29-17)23(24)5-6-23)26-22-16-11-20(32-8-7-30-3)19(31-4)12-18(16)27-14(2)28-22/h9-13H,5-8H2,1-4H3,(H2,25,29)(H,26,27,28)/t13-/m1/s1. The molecule has 32 heavy (non-hydrogen) atoms. The molecule has 4 rings (SSSR count). The number of hydrogen-bond acceptors (Lipinski definition) is 8. The van der Waals surface area contributed by atoms with Crippen molar-refractivity contribution in [3.63, 3.8) is 0 Å². The maximum atomic E-state index is 14.6. The Morgan fingerprint density at radius 3 is 2.56 bits per heavy atom. The molecule has 1 fully saturated rings. The van der Waals surface area contributed by atoms with Gasteiger partial charge >= 0.3 is 0 Å². The Kier molecular flexibility index (Phi) is 6.01. The van der Waals surface area contributed by atoms with Crippen LogP contribution >= 0.6 is 0 Å². The summed E-state index contributed by atoms with van der Waals surface area (Å²) in [6.07, 6.45) is 0.961. The van der Waals surface area contributed by atoms with E-state index in [4.69, 9.17) is 19.9 Å².